The van der Waals surface area contributed by atoms with E-state index in [0.29, 0.717) is 31.4 Å². The molecule has 0 amide bonds. The van der Waals surface area contributed by atoms with Crippen LogP contribution < -0.4 is 15.4 Å². The first kappa shape index (κ1) is 19.7. The summed E-state index contributed by atoms with van der Waals surface area (Å²) in [5.41, 5.74) is 0.815. The van der Waals surface area contributed by atoms with Crippen molar-refractivity contribution >= 4 is 15.8 Å². The molecular weight excluding hydrogens is 357 g/mol. The number of guanidine groups is 1. The van der Waals surface area contributed by atoms with Gasteiger partial charge in [0.1, 0.15) is 18.2 Å². The van der Waals surface area contributed by atoms with Gasteiger partial charge in [-0.05, 0) is 42.0 Å². The highest BCUT2D eigenvalue weighted by molar-refractivity contribution is 7.90. The molecule has 0 fully saturated rings. The highest BCUT2D eigenvalue weighted by Crippen LogP contribution is 2.15. The predicted octanol–water partition coefficient (Wildman–Crippen LogP) is 1.97. The van der Waals surface area contributed by atoms with Crippen LogP contribution in [0.2, 0.25) is 0 Å². The Balaban J connectivity index is 1.74. The number of sulfone groups is 1. The molecule has 8 heteroatoms. The molecule has 2 rings (SSSR count). The summed E-state index contributed by atoms with van der Waals surface area (Å²) in [5.74, 6) is 0.884. The van der Waals surface area contributed by atoms with Crippen molar-refractivity contribution in [3.63, 3.8) is 0 Å². The van der Waals surface area contributed by atoms with Crippen LogP contribution in [0.4, 0.5) is 4.39 Å². The van der Waals surface area contributed by atoms with Crippen LogP contribution in [0.25, 0.3) is 0 Å². The number of aliphatic imine (C=N–C) groups is 1. The molecule has 0 saturated carbocycles. The van der Waals surface area contributed by atoms with Gasteiger partial charge in [0.2, 0.25) is 0 Å². The molecule has 0 bridgehead atoms. The third-order valence-corrected chi connectivity index (χ3v) is 4.62. The van der Waals surface area contributed by atoms with E-state index in [0.717, 1.165) is 11.8 Å². The van der Waals surface area contributed by atoms with Gasteiger partial charge in [-0.1, -0.05) is 12.1 Å². The van der Waals surface area contributed by atoms with E-state index in [-0.39, 0.29) is 10.7 Å². The summed E-state index contributed by atoms with van der Waals surface area (Å²) in [4.78, 5) is 4.34. The van der Waals surface area contributed by atoms with E-state index in [9.17, 15) is 12.8 Å². The molecule has 0 spiro atoms. The van der Waals surface area contributed by atoms with Gasteiger partial charge in [-0.25, -0.2) is 12.8 Å². The molecule has 0 radical (unpaired) electrons. The number of hydrogen-bond donors (Lipinski definition) is 2. The summed E-state index contributed by atoms with van der Waals surface area (Å²) in [5, 5.41) is 6.17. The van der Waals surface area contributed by atoms with Crippen molar-refractivity contribution in [1.82, 2.24) is 10.6 Å². The van der Waals surface area contributed by atoms with E-state index < -0.39 is 9.84 Å². The van der Waals surface area contributed by atoms with Crippen molar-refractivity contribution in [2.45, 2.75) is 11.4 Å². The third kappa shape index (κ3) is 6.36. The van der Waals surface area contributed by atoms with Crippen LogP contribution >= 0.6 is 0 Å². The highest BCUT2D eigenvalue weighted by atomic mass is 32.2. The SMILES string of the molecule is CN=C(NCCOc1ccc(S(C)(=O)=O)cc1)NCc1cccc(F)c1. The highest BCUT2D eigenvalue weighted by Gasteiger charge is 2.06. The van der Waals surface area contributed by atoms with Gasteiger partial charge in [-0.2, -0.15) is 0 Å². The molecule has 6 nitrogen and oxygen atoms in total. The maximum absolute atomic E-state index is 13.1. The zero-order valence-corrected chi connectivity index (χ0v) is 15.5. The van der Waals surface area contributed by atoms with E-state index in [1.165, 1.54) is 24.3 Å². The summed E-state index contributed by atoms with van der Waals surface area (Å²) in [6, 6.07) is 12.6. The molecule has 0 unspecified atom stereocenters. The number of rotatable bonds is 7. The first-order valence-electron chi connectivity index (χ1n) is 8.00. The predicted molar refractivity (Wildman–Crippen MR) is 99.6 cm³/mol. The summed E-state index contributed by atoms with van der Waals surface area (Å²) in [6.07, 6.45) is 1.16. The van der Waals surface area contributed by atoms with Crippen molar-refractivity contribution in [3.05, 3.63) is 59.9 Å². The minimum Gasteiger partial charge on any atom is -0.492 e. The van der Waals surface area contributed by atoms with E-state index >= 15 is 0 Å². The number of nitrogens with one attached hydrogen (secondary N) is 2. The van der Waals surface area contributed by atoms with Crippen LogP contribution in [0.5, 0.6) is 5.75 Å². The van der Waals surface area contributed by atoms with E-state index in [1.807, 2.05) is 6.07 Å². The zero-order chi connectivity index (χ0) is 19.0. The lowest BCUT2D eigenvalue weighted by Gasteiger charge is -2.13. The maximum Gasteiger partial charge on any atom is 0.191 e. The molecule has 0 aliphatic rings. The monoisotopic (exact) mass is 379 g/mol. The molecule has 0 aliphatic carbocycles. The molecule has 0 aliphatic heterocycles. The fourth-order valence-corrected chi connectivity index (χ4v) is 2.81. The van der Waals surface area contributed by atoms with Crippen molar-refractivity contribution in [2.24, 2.45) is 4.99 Å². The smallest absolute Gasteiger partial charge is 0.191 e. The molecule has 2 aromatic carbocycles. The number of nitrogens with zero attached hydrogens (tertiary/aromatic N) is 1. The van der Waals surface area contributed by atoms with Crippen LogP contribution in [-0.4, -0.2) is 40.8 Å². The lowest BCUT2D eigenvalue weighted by molar-refractivity contribution is 0.321. The largest absolute Gasteiger partial charge is 0.492 e. The summed E-state index contributed by atoms with van der Waals surface area (Å²) >= 11 is 0. The number of halogens is 1. The quantitative estimate of drug-likeness (QED) is 0.437. The van der Waals surface area contributed by atoms with Crippen LogP contribution in [0, 0.1) is 5.82 Å². The molecule has 0 atom stereocenters. The fourth-order valence-electron chi connectivity index (χ4n) is 2.17. The van der Waals surface area contributed by atoms with Gasteiger partial charge in [-0.3, -0.25) is 4.99 Å². The van der Waals surface area contributed by atoms with Crippen LogP contribution in [-0.2, 0) is 16.4 Å². The summed E-state index contributed by atoms with van der Waals surface area (Å²) in [6.45, 7) is 1.32. The zero-order valence-electron chi connectivity index (χ0n) is 14.7. The van der Waals surface area contributed by atoms with Gasteiger partial charge < -0.3 is 15.4 Å². The summed E-state index contributed by atoms with van der Waals surface area (Å²) in [7, 11) is -1.56. The van der Waals surface area contributed by atoms with Crippen molar-refractivity contribution in [1.29, 1.82) is 0 Å². The molecular formula is C18H22FN3O3S. The topological polar surface area (TPSA) is 79.8 Å². The first-order valence-corrected chi connectivity index (χ1v) is 9.89. The Morgan fingerprint density at radius 1 is 1.15 bits per heavy atom. The van der Waals surface area contributed by atoms with E-state index in [1.54, 1.807) is 25.2 Å². The number of ether oxygens (including phenoxy) is 1. The Hall–Kier alpha value is -2.61. The van der Waals surface area contributed by atoms with Gasteiger partial charge >= 0.3 is 0 Å². The summed E-state index contributed by atoms with van der Waals surface area (Å²) < 4.78 is 41.5. The van der Waals surface area contributed by atoms with Crippen molar-refractivity contribution < 1.29 is 17.5 Å². The molecule has 0 aromatic heterocycles. The molecule has 2 aromatic rings. The van der Waals surface area contributed by atoms with Gasteiger partial charge in [0.15, 0.2) is 15.8 Å². The van der Waals surface area contributed by atoms with Crippen molar-refractivity contribution in [2.75, 3.05) is 26.5 Å². The van der Waals surface area contributed by atoms with E-state index in [2.05, 4.69) is 15.6 Å². The second-order valence-electron chi connectivity index (χ2n) is 5.57. The number of benzene rings is 2. The fraction of sp³-hybridized carbons (Fsp3) is 0.278. The molecule has 2 N–H and O–H groups in total. The molecule has 0 heterocycles. The second kappa shape index (κ2) is 9.19. The van der Waals surface area contributed by atoms with Gasteiger partial charge in [-0.15, -0.1) is 0 Å². The molecule has 26 heavy (non-hydrogen) atoms. The Kier molecular flexibility index (Phi) is 6.97. The van der Waals surface area contributed by atoms with Crippen LogP contribution in [0.3, 0.4) is 0 Å². The maximum atomic E-state index is 13.1. The lowest BCUT2D eigenvalue weighted by Crippen LogP contribution is -2.38. The Labute approximate surface area is 153 Å². The molecule has 140 valence electrons. The normalized spacial score (nSPS) is 11.9. The average molecular weight is 379 g/mol. The Bertz CT molecular complexity index is 852. The Morgan fingerprint density at radius 3 is 2.50 bits per heavy atom. The van der Waals surface area contributed by atoms with Crippen molar-refractivity contribution in [3.8, 4) is 5.75 Å². The second-order valence-corrected chi connectivity index (χ2v) is 7.59. The minimum atomic E-state index is -3.21. The third-order valence-electron chi connectivity index (χ3n) is 3.49. The van der Waals surface area contributed by atoms with E-state index in [4.69, 9.17) is 4.74 Å². The lowest BCUT2D eigenvalue weighted by atomic mass is 10.2. The average Bonchev–Trinajstić information content (AvgIpc) is 2.61. The standard InChI is InChI=1S/C18H22FN3O3S/c1-20-18(22-13-14-4-3-5-15(19)12-14)21-10-11-25-16-6-8-17(9-7-16)26(2,23)24/h3-9,12H,10-11,13H2,1-2H3,(H2,20,21,22). The Morgan fingerprint density at radius 2 is 1.88 bits per heavy atom. The van der Waals surface area contributed by atoms with Gasteiger partial charge in [0, 0.05) is 19.8 Å². The minimum absolute atomic E-state index is 0.255. The van der Waals surface area contributed by atoms with Gasteiger partial charge in [0.05, 0.1) is 11.4 Å². The van der Waals surface area contributed by atoms with Crippen LogP contribution in [0.1, 0.15) is 5.56 Å². The van der Waals surface area contributed by atoms with Gasteiger partial charge in [0.25, 0.3) is 0 Å². The number of hydrogen-bond acceptors (Lipinski definition) is 4. The molecule has 0 saturated heterocycles. The van der Waals surface area contributed by atoms with Crippen LogP contribution in [0.15, 0.2) is 58.4 Å². The first-order chi connectivity index (χ1) is 12.4.